The van der Waals surface area contributed by atoms with E-state index in [2.05, 4.69) is 0 Å². The van der Waals surface area contributed by atoms with E-state index in [0.29, 0.717) is 6.42 Å². The predicted molar refractivity (Wildman–Crippen MR) is 75.4 cm³/mol. The molecule has 0 saturated heterocycles. The van der Waals surface area contributed by atoms with Gasteiger partial charge in [0.15, 0.2) is 0 Å². The molecule has 20 heavy (non-hydrogen) atoms. The monoisotopic (exact) mass is 330 g/mol. The highest BCUT2D eigenvalue weighted by Crippen LogP contribution is 2.07. The summed E-state index contributed by atoms with van der Waals surface area (Å²) in [6.07, 6.45) is 0.422. The molecule has 0 aromatic carbocycles. The zero-order chi connectivity index (χ0) is 16.0. The molecule has 0 amide bonds. The quantitative estimate of drug-likeness (QED) is 0.572. The molecular weight excluding hydrogens is 308 g/mol. The maximum Gasteiger partial charge on any atom is 0.318 e. The summed E-state index contributed by atoms with van der Waals surface area (Å²) in [5.74, 6) is -1.90. The van der Waals surface area contributed by atoms with Crippen molar-refractivity contribution in [3.63, 3.8) is 0 Å². The lowest BCUT2D eigenvalue weighted by molar-refractivity contribution is -0.137. The minimum Gasteiger partial charge on any atom is -0.480 e. The first kappa shape index (κ1) is 19.3. The number of carboxylic acids is 1. The molecule has 0 heterocycles. The minimum absolute atomic E-state index is 0.0668. The molecule has 10 heteroatoms. The van der Waals surface area contributed by atoms with Crippen molar-refractivity contribution >= 4 is 26.0 Å². The van der Waals surface area contributed by atoms with Gasteiger partial charge >= 0.3 is 5.97 Å². The highest BCUT2D eigenvalue weighted by Gasteiger charge is 2.24. The molecule has 1 N–H and O–H groups in total. The molecule has 0 fully saturated rings. The van der Waals surface area contributed by atoms with Gasteiger partial charge in [0.25, 0.3) is 0 Å². The highest BCUT2D eigenvalue weighted by atomic mass is 32.2. The van der Waals surface area contributed by atoms with E-state index in [1.165, 1.54) is 14.1 Å². The second kappa shape index (κ2) is 7.91. The Bertz CT molecular complexity index is 512. The molecule has 0 aliphatic heterocycles. The van der Waals surface area contributed by atoms with E-state index in [0.717, 1.165) is 8.61 Å². The third kappa shape index (κ3) is 6.64. The highest BCUT2D eigenvalue weighted by molar-refractivity contribution is 7.90. The van der Waals surface area contributed by atoms with Crippen molar-refractivity contribution in [3.8, 4) is 0 Å². The lowest BCUT2D eigenvalue weighted by atomic mass is 10.5. The maximum atomic E-state index is 12.0. The number of carboxylic acid groups (broad SMARTS) is 1. The van der Waals surface area contributed by atoms with Gasteiger partial charge in [-0.25, -0.2) is 21.1 Å². The molecule has 0 atom stereocenters. The SMILES string of the molecule is CCCN(CC(=O)O)S(=O)(=O)CCCS(=O)(=O)N(C)C. The standard InChI is InChI=1S/C10H22N2O6S2/c1-4-6-12(9-10(13)14)20(17,18)8-5-7-19(15,16)11(2)3/h4-9H2,1-3H3,(H,13,14). The Morgan fingerprint density at radius 3 is 1.95 bits per heavy atom. The van der Waals surface area contributed by atoms with Crippen molar-refractivity contribution in [1.82, 2.24) is 8.61 Å². The van der Waals surface area contributed by atoms with Crippen molar-refractivity contribution in [2.75, 3.05) is 38.7 Å². The number of hydrogen-bond acceptors (Lipinski definition) is 5. The fourth-order valence-electron chi connectivity index (χ4n) is 1.45. The van der Waals surface area contributed by atoms with Crippen LogP contribution in [0.3, 0.4) is 0 Å². The number of nitrogens with zero attached hydrogens (tertiary/aromatic N) is 2. The molecule has 0 unspecified atom stereocenters. The number of rotatable bonds is 10. The average molecular weight is 330 g/mol. The molecule has 0 aliphatic rings. The van der Waals surface area contributed by atoms with Crippen LogP contribution in [0.25, 0.3) is 0 Å². The first-order valence-corrected chi connectivity index (χ1v) is 9.34. The summed E-state index contributed by atoms with van der Waals surface area (Å²) in [5.41, 5.74) is 0. The van der Waals surface area contributed by atoms with E-state index in [4.69, 9.17) is 5.11 Å². The maximum absolute atomic E-state index is 12.0. The Labute approximate surface area is 120 Å². The van der Waals surface area contributed by atoms with Gasteiger partial charge in [-0.1, -0.05) is 6.92 Å². The fourth-order valence-corrected chi connectivity index (χ4v) is 4.04. The van der Waals surface area contributed by atoms with E-state index in [1.54, 1.807) is 6.92 Å². The average Bonchev–Trinajstić information content (AvgIpc) is 2.27. The van der Waals surface area contributed by atoms with Crippen molar-refractivity contribution < 1.29 is 26.7 Å². The molecule has 0 bridgehead atoms. The molecule has 0 saturated carbocycles. The summed E-state index contributed by atoms with van der Waals surface area (Å²) in [7, 11) is -4.46. The second-order valence-corrected chi connectivity index (χ2v) is 8.89. The van der Waals surface area contributed by atoms with Gasteiger partial charge in [0.2, 0.25) is 20.0 Å². The first-order valence-electron chi connectivity index (χ1n) is 6.12. The summed E-state index contributed by atoms with van der Waals surface area (Å²) in [6, 6.07) is 0. The van der Waals surface area contributed by atoms with Gasteiger partial charge in [0.05, 0.1) is 11.5 Å². The van der Waals surface area contributed by atoms with E-state index in [-0.39, 0.29) is 24.5 Å². The van der Waals surface area contributed by atoms with Crippen molar-refractivity contribution in [2.45, 2.75) is 19.8 Å². The lowest BCUT2D eigenvalue weighted by Crippen LogP contribution is -2.38. The normalized spacial score (nSPS) is 13.1. The minimum atomic E-state index is -3.76. The Morgan fingerprint density at radius 1 is 1.05 bits per heavy atom. The van der Waals surface area contributed by atoms with Crippen LogP contribution in [0, 0.1) is 0 Å². The molecule has 120 valence electrons. The largest absolute Gasteiger partial charge is 0.480 e. The van der Waals surface area contributed by atoms with E-state index in [1.807, 2.05) is 0 Å². The van der Waals surface area contributed by atoms with Gasteiger partial charge in [-0.05, 0) is 12.8 Å². The molecule has 0 radical (unpaired) electrons. The number of hydrogen-bond donors (Lipinski definition) is 1. The molecule has 0 aliphatic carbocycles. The number of aliphatic carboxylic acids is 1. The van der Waals surface area contributed by atoms with E-state index in [9.17, 15) is 21.6 Å². The number of sulfonamides is 2. The van der Waals surface area contributed by atoms with Crippen molar-refractivity contribution in [2.24, 2.45) is 0 Å². The van der Waals surface area contributed by atoms with E-state index < -0.39 is 32.6 Å². The topological polar surface area (TPSA) is 112 Å². The summed E-state index contributed by atoms with van der Waals surface area (Å²) >= 11 is 0. The van der Waals surface area contributed by atoms with Gasteiger partial charge in [-0.3, -0.25) is 4.79 Å². The Balaban J connectivity index is 4.67. The van der Waals surface area contributed by atoms with Crippen LogP contribution in [0.1, 0.15) is 19.8 Å². The molecule has 0 rings (SSSR count). The Hall–Kier alpha value is -0.710. The van der Waals surface area contributed by atoms with Crippen LogP contribution >= 0.6 is 0 Å². The molecule has 0 spiro atoms. The number of carbonyl (C=O) groups is 1. The van der Waals surface area contributed by atoms with Crippen molar-refractivity contribution in [1.29, 1.82) is 0 Å². The zero-order valence-corrected chi connectivity index (χ0v) is 13.6. The lowest BCUT2D eigenvalue weighted by Gasteiger charge is -2.19. The Kier molecular flexibility index (Phi) is 7.63. The summed E-state index contributed by atoms with van der Waals surface area (Å²) in [6.45, 7) is 1.24. The van der Waals surface area contributed by atoms with Crippen LogP contribution in [0.2, 0.25) is 0 Å². The third-order valence-corrected chi connectivity index (χ3v) is 6.36. The van der Waals surface area contributed by atoms with Gasteiger partial charge in [0.1, 0.15) is 6.54 Å². The van der Waals surface area contributed by atoms with Gasteiger partial charge < -0.3 is 5.11 Å². The van der Waals surface area contributed by atoms with Crippen LogP contribution in [0.15, 0.2) is 0 Å². The third-order valence-electron chi connectivity index (χ3n) is 2.54. The molecule has 0 aromatic rings. The van der Waals surface area contributed by atoms with Gasteiger partial charge in [-0.15, -0.1) is 0 Å². The predicted octanol–water partition coefficient (Wildman–Crippen LogP) is -0.606. The fraction of sp³-hybridized carbons (Fsp3) is 0.900. The molecule has 8 nitrogen and oxygen atoms in total. The summed E-state index contributed by atoms with van der Waals surface area (Å²) in [5, 5.41) is 8.69. The van der Waals surface area contributed by atoms with Crippen LogP contribution in [-0.4, -0.2) is 75.2 Å². The Morgan fingerprint density at radius 2 is 1.55 bits per heavy atom. The van der Waals surface area contributed by atoms with Crippen LogP contribution < -0.4 is 0 Å². The molecular formula is C10H22N2O6S2. The summed E-state index contributed by atoms with van der Waals surface area (Å²) < 4.78 is 48.9. The smallest absolute Gasteiger partial charge is 0.318 e. The van der Waals surface area contributed by atoms with Crippen LogP contribution in [0.5, 0.6) is 0 Å². The second-order valence-electron chi connectivity index (χ2n) is 4.50. The van der Waals surface area contributed by atoms with Gasteiger partial charge in [-0.2, -0.15) is 4.31 Å². The van der Waals surface area contributed by atoms with Gasteiger partial charge in [0, 0.05) is 20.6 Å². The summed E-state index contributed by atoms with van der Waals surface area (Å²) in [4.78, 5) is 10.6. The van der Waals surface area contributed by atoms with E-state index >= 15 is 0 Å². The molecule has 0 aromatic heterocycles. The van der Waals surface area contributed by atoms with Crippen molar-refractivity contribution in [3.05, 3.63) is 0 Å². The first-order chi connectivity index (χ1) is 9.03. The van der Waals surface area contributed by atoms with Crippen LogP contribution in [-0.2, 0) is 24.8 Å². The van der Waals surface area contributed by atoms with Crippen LogP contribution in [0.4, 0.5) is 0 Å². The zero-order valence-electron chi connectivity index (χ0n) is 11.9.